The highest BCUT2D eigenvalue weighted by Gasteiger charge is 2.93. The Balaban J connectivity index is 1.65. The molecule has 3 aliphatic heterocycles. The second kappa shape index (κ2) is 3.86. The minimum absolute atomic E-state index is 0.0903. The van der Waals surface area contributed by atoms with Gasteiger partial charge in [-0.25, -0.2) is 4.79 Å². The van der Waals surface area contributed by atoms with E-state index in [0.29, 0.717) is 0 Å². The molecule has 0 aromatic carbocycles. The van der Waals surface area contributed by atoms with E-state index in [-0.39, 0.29) is 30.1 Å². The van der Waals surface area contributed by atoms with Crippen molar-refractivity contribution in [1.29, 1.82) is 0 Å². The fourth-order valence-electron chi connectivity index (χ4n) is 5.65. The minimum Gasteiger partial charge on any atom is -0.462 e. The van der Waals surface area contributed by atoms with Gasteiger partial charge in [0.2, 0.25) is 0 Å². The Morgan fingerprint density at radius 2 is 2.04 bits per heavy atom. The molecule has 0 bridgehead atoms. The predicted octanol–water partition coefficient (Wildman–Crippen LogP) is 0.0955. The summed E-state index contributed by atoms with van der Waals surface area (Å²) in [5.74, 6) is -1.76. The number of hydrogen-bond donors (Lipinski definition) is 1. The lowest BCUT2D eigenvalue weighted by Crippen LogP contribution is -2.53. The van der Waals surface area contributed by atoms with Crippen molar-refractivity contribution in [3.8, 4) is 0 Å². The minimum atomic E-state index is -1.22. The summed E-state index contributed by atoms with van der Waals surface area (Å²) in [6, 6.07) is 0. The standard InChI is InChI=1S/C17H20O7/c1-6-9-8(21-7(2)18)5-15(3,20)17-11(10(9)22-14(6)19)16(4)12(23-16)13(17)24-17/h8-13,20H,1,5H2,2-4H3/t8-,9+,10-,11-,12+,13-,15+,16-,17+/m0/s1. The SMILES string of the molecule is C=C1C(=O)O[C@H]2[C@H]1[C@@H](OC(C)=O)C[C@@](C)(O)[C@]13O[C@H]1[C@H]1O[C@@]1(C)[C@H]23. The first-order chi connectivity index (χ1) is 11.1. The Kier molecular flexibility index (Phi) is 2.39. The van der Waals surface area contributed by atoms with E-state index in [9.17, 15) is 14.7 Å². The van der Waals surface area contributed by atoms with Crippen LogP contribution < -0.4 is 0 Å². The quantitative estimate of drug-likeness (QED) is 0.412. The topological polar surface area (TPSA) is 97.9 Å². The summed E-state index contributed by atoms with van der Waals surface area (Å²) in [7, 11) is 0. The maximum Gasteiger partial charge on any atom is 0.334 e. The van der Waals surface area contributed by atoms with Crippen molar-refractivity contribution in [3.63, 3.8) is 0 Å². The van der Waals surface area contributed by atoms with E-state index >= 15 is 0 Å². The van der Waals surface area contributed by atoms with Crippen LogP contribution in [-0.4, -0.2) is 58.3 Å². The molecule has 130 valence electrons. The van der Waals surface area contributed by atoms with Gasteiger partial charge in [0, 0.05) is 18.9 Å². The smallest absolute Gasteiger partial charge is 0.334 e. The Morgan fingerprint density at radius 3 is 2.71 bits per heavy atom. The molecule has 24 heavy (non-hydrogen) atoms. The second-order valence-corrected chi connectivity index (χ2v) is 8.08. The van der Waals surface area contributed by atoms with Crippen LogP contribution in [0.2, 0.25) is 0 Å². The first-order valence-corrected chi connectivity index (χ1v) is 8.28. The van der Waals surface area contributed by atoms with Gasteiger partial charge in [-0.3, -0.25) is 4.79 Å². The fraction of sp³-hybridized carbons (Fsp3) is 0.765. The molecule has 0 unspecified atom stereocenters. The zero-order valence-electron chi connectivity index (χ0n) is 13.8. The summed E-state index contributed by atoms with van der Waals surface area (Å²) in [5.41, 5.74) is -2.26. The van der Waals surface area contributed by atoms with Crippen molar-refractivity contribution >= 4 is 11.9 Å². The van der Waals surface area contributed by atoms with Crippen molar-refractivity contribution in [3.05, 3.63) is 12.2 Å². The van der Waals surface area contributed by atoms with E-state index in [4.69, 9.17) is 18.9 Å². The Bertz CT molecular complexity index is 699. The van der Waals surface area contributed by atoms with Crippen LogP contribution in [0.5, 0.6) is 0 Å². The van der Waals surface area contributed by atoms with Crippen LogP contribution in [-0.2, 0) is 28.5 Å². The van der Waals surface area contributed by atoms with Crippen molar-refractivity contribution in [2.75, 3.05) is 0 Å². The number of rotatable bonds is 1. The highest BCUT2D eigenvalue weighted by Crippen LogP contribution is 2.75. The molecule has 0 aromatic rings. The zero-order chi connectivity index (χ0) is 17.2. The number of hydrogen-bond acceptors (Lipinski definition) is 7. The van der Waals surface area contributed by atoms with Crippen LogP contribution >= 0.6 is 0 Å². The van der Waals surface area contributed by atoms with Crippen LogP contribution in [0.1, 0.15) is 27.2 Å². The normalized spacial score (nSPS) is 59.5. The number of esters is 2. The molecule has 5 fully saturated rings. The van der Waals surface area contributed by atoms with Crippen LogP contribution in [0, 0.1) is 11.8 Å². The number of carbonyl (C=O) groups excluding carboxylic acids is 2. The molecule has 0 radical (unpaired) electrons. The summed E-state index contributed by atoms with van der Waals surface area (Å²) >= 11 is 0. The van der Waals surface area contributed by atoms with E-state index in [0.717, 1.165) is 0 Å². The Morgan fingerprint density at radius 1 is 1.33 bits per heavy atom. The van der Waals surface area contributed by atoms with E-state index in [1.54, 1.807) is 6.92 Å². The van der Waals surface area contributed by atoms with Gasteiger partial charge in [-0.2, -0.15) is 0 Å². The molecule has 0 aromatic heterocycles. The molecule has 2 aliphatic carbocycles. The first kappa shape index (κ1) is 14.9. The van der Waals surface area contributed by atoms with Crippen LogP contribution in [0.3, 0.4) is 0 Å². The Hall–Kier alpha value is -1.44. The van der Waals surface area contributed by atoms with E-state index in [1.807, 2.05) is 6.92 Å². The van der Waals surface area contributed by atoms with Crippen molar-refractivity contribution < 1.29 is 33.6 Å². The number of carbonyl (C=O) groups is 2. The number of aliphatic hydroxyl groups is 1. The summed E-state index contributed by atoms with van der Waals surface area (Å²) in [5, 5.41) is 11.2. The molecule has 2 saturated carbocycles. The summed E-state index contributed by atoms with van der Waals surface area (Å²) in [6.45, 7) is 8.83. The third-order valence-corrected chi connectivity index (χ3v) is 6.68. The highest BCUT2D eigenvalue weighted by molar-refractivity contribution is 5.91. The lowest BCUT2D eigenvalue weighted by molar-refractivity contribution is -0.152. The largest absolute Gasteiger partial charge is 0.462 e. The van der Waals surface area contributed by atoms with Crippen LogP contribution in [0.15, 0.2) is 12.2 Å². The molecule has 3 heterocycles. The lowest BCUT2D eigenvalue weighted by Gasteiger charge is -2.36. The van der Waals surface area contributed by atoms with E-state index in [2.05, 4.69) is 6.58 Å². The molecule has 1 N–H and O–H groups in total. The molecule has 5 aliphatic rings. The Labute approximate surface area is 138 Å². The van der Waals surface area contributed by atoms with E-state index in [1.165, 1.54) is 6.92 Å². The van der Waals surface area contributed by atoms with Crippen LogP contribution in [0.25, 0.3) is 0 Å². The average Bonchev–Trinajstić information content (AvgIpc) is 3.29. The number of ether oxygens (including phenoxy) is 4. The van der Waals surface area contributed by atoms with Gasteiger partial charge in [-0.15, -0.1) is 0 Å². The summed E-state index contributed by atoms with van der Waals surface area (Å²) in [4.78, 5) is 23.7. The van der Waals surface area contributed by atoms with Gasteiger partial charge in [0.25, 0.3) is 0 Å². The molecule has 0 amide bonds. The number of epoxide rings is 2. The molecule has 7 nitrogen and oxygen atoms in total. The third kappa shape index (κ3) is 1.41. The second-order valence-electron chi connectivity index (χ2n) is 8.08. The molecule has 1 spiro atoms. The molecular weight excluding hydrogens is 316 g/mol. The van der Waals surface area contributed by atoms with Gasteiger partial charge >= 0.3 is 11.9 Å². The highest BCUT2D eigenvalue weighted by atomic mass is 16.7. The monoisotopic (exact) mass is 336 g/mol. The van der Waals surface area contributed by atoms with Crippen molar-refractivity contribution in [2.24, 2.45) is 11.8 Å². The lowest BCUT2D eigenvalue weighted by atomic mass is 9.74. The maximum absolute atomic E-state index is 12.2. The van der Waals surface area contributed by atoms with Crippen LogP contribution in [0.4, 0.5) is 0 Å². The first-order valence-electron chi connectivity index (χ1n) is 8.28. The average molecular weight is 336 g/mol. The van der Waals surface area contributed by atoms with Gasteiger partial charge in [-0.1, -0.05) is 6.58 Å². The fourth-order valence-corrected chi connectivity index (χ4v) is 5.65. The molecule has 7 heteroatoms. The molecule has 3 saturated heterocycles. The number of fused-ring (bicyclic) bond motifs is 5. The molecule has 9 atom stereocenters. The molecular formula is C17H20O7. The summed E-state index contributed by atoms with van der Waals surface area (Å²) in [6.07, 6.45) is -1.41. The zero-order valence-corrected chi connectivity index (χ0v) is 13.8. The maximum atomic E-state index is 12.2. The van der Waals surface area contributed by atoms with E-state index < -0.39 is 46.9 Å². The third-order valence-electron chi connectivity index (χ3n) is 6.68. The van der Waals surface area contributed by atoms with Gasteiger partial charge in [0.1, 0.15) is 35.6 Å². The van der Waals surface area contributed by atoms with Gasteiger partial charge in [0.05, 0.1) is 17.4 Å². The summed E-state index contributed by atoms with van der Waals surface area (Å²) < 4.78 is 22.9. The molecule has 5 rings (SSSR count). The van der Waals surface area contributed by atoms with Crippen molar-refractivity contribution in [1.82, 2.24) is 0 Å². The predicted molar refractivity (Wildman–Crippen MR) is 77.7 cm³/mol. The van der Waals surface area contributed by atoms with Gasteiger partial charge in [-0.05, 0) is 13.8 Å². The van der Waals surface area contributed by atoms with Gasteiger partial charge in [0.15, 0.2) is 0 Å². The van der Waals surface area contributed by atoms with Crippen molar-refractivity contribution in [2.45, 2.75) is 68.4 Å². The van der Waals surface area contributed by atoms with Gasteiger partial charge < -0.3 is 24.1 Å².